The van der Waals surface area contributed by atoms with Crippen molar-refractivity contribution in [2.75, 3.05) is 45.8 Å². The minimum absolute atomic E-state index is 0.127. The average Bonchev–Trinajstić information content (AvgIpc) is 2.61. The first-order valence-electron chi connectivity index (χ1n) is 7.95. The molecule has 1 fully saturated rings. The molecule has 0 bridgehead atoms. The van der Waals surface area contributed by atoms with Crippen LogP contribution in [0.1, 0.15) is 10.4 Å². The Morgan fingerprint density at radius 3 is 2.54 bits per heavy atom. The first-order chi connectivity index (χ1) is 11.5. The molecule has 1 aliphatic rings. The zero-order chi connectivity index (χ0) is 17.4. The quantitative estimate of drug-likeness (QED) is 0.563. The van der Waals surface area contributed by atoms with Crippen LogP contribution in [-0.4, -0.2) is 65.0 Å². The monoisotopic (exact) mass is 352 g/mol. The van der Waals surface area contributed by atoms with Gasteiger partial charge in [-0.3, -0.25) is 9.69 Å². The molecule has 7 nitrogen and oxygen atoms in total. The van der Waals surface area contributed by atoms with Gasteiger partial charge in [-0.1, -0.05) is 6.08 Å². The fourth-order valence-corrected chi connectivity index (χ4v) is 3.40. The molecule has 1 aromatic carbocycles. The standard InChI is InChI=1S/C16H24N4O3S/c1-2-7-19-24(22,23)15-5-3-14(4-6-15)16(21)18-10-13-20-11-8-17-9-12-20/h2-6,17,19H,1,7-13H2,(H,18,21). The highest BCUT2D eigenvalue weighted by Crippen LogP contribution is 2.10. The first-order valence-corrected chi connectivity index (χ1v) is 9.43. The summed E-state index contributed by atoms with van der Waals surface area (Å²) in [6.45, 7) is 8.94. The summed E-state index contributed by atoms with van der Waals surface area (Å²) in [6, 6.07) is 5.89. The van der Waals surface area contributed by atoms with Crippen LogP contribution in [0.25, 0.3) is 0 Å². The lowest BCUT2D eigenvalue weighted by Crippen LogP contribution is -2.46. The van der Waals surface area contributed by atoms with Crippen LogP contribution < -0.4 is 15.4 Å². The van der Waals surface area contributed by atoms with E-state index in [1.54, 1.807) is 0 Å². The summed E-state index contributed by atoms with van der Waals surface area (Å²) in [5.41, 5.74) is 0.443. The molecule has 2 rings (SSSR count). The number of benzene rings is 1. The van der Waals surface area contributed by atoms with Gasteiger partial charge in [-0.25, -0.2) is 13.1 Å². The molecule has 3 N–H and O–H groups in total. The largest absolute Gasteiger partial charge is 0.351 e. The molecule has 0 atom stereocenters. The molecule has 8 heteroatoms. The van der Waals surface area contributed by atoms with Gasteiger partial charge in [-0.2, -0.15) is 0 Å². The van der Waals surface area contributed by atoms with E-state index in [0.717, 1.165) is 32.7 Å². The Balaban J connectivity index is 1.85. The minimum atomic E-state index is -3.56. The molecule has 24 heavy (non-hydrogen) atoms. The molecular weight excluding hydrogens is 328 g/mol. The zero-order valence-corrected chi connectivity index (χ0v) is 14.4. The number of carbonyl (C=O) groups excluding carboxylic acids is 1. The number of hydrogen-bond acceptors (Lipinski definition) is 5. The smallest absolute Gasteiger partial charge is 0.251 e. The van der Waals surface area contributed by atoms with Crippen LogP contribution in [0.4, 0.5) is 0 Å². The van der Waals surface area contributed by atoms with Crippen molar-refractivity contribution >= 4 is 15.9 Å². The van der Waals surface area contributed by atoms with E-state index < -0.39 is 10.0 Å². The summed E-state index contributed by atoms with van der Waals surface area (Å²) < 4.78 is 26.3. The summed E-state index contributed by atoms with van der Waals surface area (Å²) >= 11 is 0. The molecule has 0 spiro atoms. The van der Waals surface area contributed by atoms with E-state index in [1.165, 1.54) is 30.3 Å². The summed E-state index contributed by atoms with van der Waals surface area (Å²) in [5, 5.41) is 6.14. The molecule has 1 aromatic rings. The molecular formula is C16H24N4O3S. The van der Waals surface area contributed by atoms with Crippen molar-refractivity contribution in [1.29, 1.82) is 0 Å². The molecule has 132 valence electrons. The van der Waals surface area contributed by atoms with Gasteiger partial charge in [0.25, 0.3) is 5.91 Å². The van der Waals surface area contributed by atoms with Gasteiger partial charge in [0.15, 0.2) is 0 Å². The topological polar surface area (TPSA) is 90.5 Å². The van der Waals surface area contributed by atoms with Crippen molar-refractivity contribution in [3.63, 3.8) is 0 Å². The van der Waals surface area contributed by atoms with Crippen LogP contribution in [0.5, 0.6) is 0 Å². The van der Waals surface area contributed by atoms with E-state index in [2.05, 4.69) is 26.8 Å². The lowest BCUT2D eigenvalue weighted by Gasteiger charge is -2.27. The molecule has 0 radical (unpaired) electrons. The molecule has 1 heterocycles. The predicted octanol–water partition coefficient (Wildman–Crippen LogP) is -0.214. The van der Waals surface area contributed by atoms with Crippen LogP contribution in [0.2, 0.25) is 0 Å². The van der Waals surface area contributed by atoms with Gasteiger partial charge in [-0.05, 0) is 24.3 Å². The fourth-order valence-electron chi connectivity index (χ4n) is 2.40. The predicted molar refractivity (Wildman–Crippen MR) is 93.5 cm³/mol. The molecule has 1 saturated heterocycles. The number of piperazine rings is 1. The molecule has 0 aromatic heterocycles. The van der Waals surface area contributed by atoms with Crippen LogP contribution in [0, 0.1) is 0 Å². The summed E-state index contributed by atoms with van der Waals surface area (Å²) in [4.78, 5) is 14.5. The third-order valence-electron chi connectivity index (χ3n) is 3.77. The van der Waals surface area contributed by atoms with Gasteiger partial charge < -0.3 is 10.6 Å². The zero-order valence-electron chi connectivity index (χ0n) is 13.6. The Hall–Kier alpha value is -1.74. The van der Waals surface area contributed by atoms with Crippen molar-refractivity contribution in [1.82, 2.24) is 20.3 Å². The Bertz CT molecular complexity index is 652. The van der Waals surface area contributed by atoms with E-state index in [4.69, 9.17) is 0 Å². The van der Waals surface area contributed by atoms with Crippen molar-refractivity contribution in [3.8, 4) is 0 Å². The highest BCUT2D eigenvalue weighted by molar-refractivity contribution is 7.89. The van der Waals surface area contributed by atoms with E-state index >= 15 is 0 Å². The maximum absolute atomic E-state index is 12.1. The van der Waals surface area contributed by atoms with Crippen LogP contribution in [0.3, 0.4) is 0 Å². The molecule has 0 unspecified atom stereocenters. The number of nitrogens with zero attached hydrogens (tertiary/aromatic N) is 1. The number of amides is 1. The fraction of sp³-hybridized carbons (Fsp3) is 0.438. The van der Waals surface area contributed by atoms with Crippen molar-refractivity contribution < 1.29 is 13.2 Å². The van der Waals surface area contributed by atoms with Gasteiger partial charge in [0, 0.05) is 51.4 Å². The van der Waals surface area contributed by atoms with E-state index in [0.29, 0.717) is 12.1 Å². The summed E-state index contributed by atoms with van der Waals surface area (Å²) in [5.74, 6) is -0.201. The second-order valence-electron chi connectivity index (χ2n) is 5.51. The van der Waals surface area contributed by atoms with E-state index in [9.17, 15) is 13.2 Å². The first kappa shape index (κ1) is 18.6. The summed E-state index contributed by atoms with van der Waals surface area (Å²) in [6.07, 6.45) is 1.47. The molecule has 0 saturated carbocycles. The number of sulfonamides is 1. The van der Waals surface area contributed by atoms with Crippen molar-refractivity contribution in [2.45, 2.75) is 4.90 Å². The van der Waals surface area contributed by atoms with Gasteiger partial charge in [0.2, 0.25) is 10.0 Å². The molecule has 1 aliphatic heterocycles. The number of carbonyl (C=O) groups is 1. The number of hydrogen-bond donors (Lipinski definition) is 3. The molecule has 1 amide bonds. The lowest BCUT2D eigenvalue weighted by molar-refractivity contribution is 0.0947. The third kappa shape index (κ3) is 5.41. The normalized spacial score (nSPS) is 15.8. The highest BCUT2D eigenvalue weighted by Gasteiger charge is 2.14. The van der Waals surface area contributed by atoms with Crippen molar-refractivity contribution in [2.24, 2.45) is 0 Å². The van der Waals surface area contributed by atoms with Crippen LogP contribution in [0.15, 0.2) is 41.8 Å². The Labute approximate surface area is 143 Å². The van der Waals surface area contributed by atoms with Gasteiger partial charge in [-0.15, -0.1) is 6.58 Å². The van der Waals surface area contributed by atoms with Crippen molar-refractivity contribution in [3.05, 3.63) is 42.5 Å². The third-order valence-corrected chi connectivity index (χ3v) is 5.21. The average molecular weight is 352 g/mol. The number of nitrogens with one attached hydrogen (secondary N) is 3. The van der Waals surface area contributed by atoms with Crippen LogP contribution >= 0.6 is 0 Å². The SMILES string of the molecule is C=CCNS(=O)(=O)c1ccc(C(=O)NCCN2CCNCC2)cc1. The molecule has 0 aliphatic carbocycles. The minimum Gasteiger partial charge on any atom is -0.351 e. The van der Waals surface area contributed by atoms with E-state index in [1.807, 2.05) is 0 Å². The Morgan fingerprint density at radius 1 is 1.25 bits per heavy atom. The second-order valence-corrected chi connectivity index (χ2v) is 7.28. The Kier molecular flexibility index (Phi) is 6.92. The lowest BCUT2D eigenvalue weighted by atomic mass is 10.2. The number of rotatable bonds is 8. The van der Waals surface area contributed by atoms with Gasteiger partial charge >= 0.3 is 0 Å². The van der Waals surface area contributed by atoms with Gasteiger partial charge in [0.05, 0.1) is 4.90 Å². The maximum atomic E-state index is 12.1. The van der Waals surface area contributed by atoms with Gasteiger partial charge in [0.1, 0.15) is 0 Å². The highest BCUT2D eigenvalue weighted by atomic mass is 32.2. The van der Waals surface area contributed by atoms with Crippen LogP contribution in [-0.2, 0) is 10.0 Å². The Morgan fingerprint density at radius 2 is 1.92 bits per heavy atom. The second kappa shape index (κ2) is 8.93. The summed E-state index contributed by atoms with van der Waals surface area (Å²) in [7, 11) is -3.56. The maximum Gasteiger partial charge on any atom is 0.251 e. The van der Waals surface area contributed by atoms with E-state index in [-0.39, 0.29) is 17.3 Å².